The van der Waals surface area contributed by atoms with Gasteiger partial charge in [0.05, 0.1) is 0 Å². The molecule has 1 unspecified atom stereocenters. The maximum absolute atomic E-state index is 12.9. The van der Waals surface area contributed by atoms with E-state index in [9.17, 15) is 14.4 Å². The van der Waals surface area contributed by atoms with Crippen LogP contribution in [-0.4, -0.2) is 37.2 Å². The Kier molecular flexibility index (Phi) is 61.9. The molecule has 0 bridgehead atoms. The maximum atomic E-state index is 12.9. The van der Waals surface area contributed by atoms with Crippen LogP contribution in [0.1, 0.15) is 278 Å². The van der Waals surface area contributed by atoms with Crippen LogP contribution >= 0.6 is 0 Å². The molecule has 0 aliphatic rings. The second-order valence-electron chi connectivity index (χ2n) is 20.9. The molecule has 6 nitrogen and oxygen atoms in total. The molecule has 0 aliphatic carbocycles. The van der Waals surface area contributed by atoms with E-state index in [1.165, 1.54) is 89.9 Å². The van der Waals surface area contributed by atoms with Crippen LogP contribution in [0.5, 0.6) is 0 Å². The molecule has 0 aliphatic heterocycles. The van der Waals surface area contributed by atoms with Gasteiger partial charge in [-0.15, -0.1) is 0 Å². The molecule has 0 saturated carbocycles. The number of unbranched alkanes of at least 4 members (excludes halogenated alkanes) is 22. The second-order valence-corrected chi connectivity index (χ2v) is 20.9. The summed E-state index contributed by atoms with van der Waals surface area (Å²) in [5, 5.41) is 0. The molecule has 0 rings (SSSR count). The lowest BCUT2D eigenvalue weighted by atomic mass is 10.1. The zero-order valence-corrected chi connectivity index (χ0v) is 51.1. The van der Waals surface area contributed by atoms with Gasteiger partial charge in [0, 0.05) is 19.3 Å². The van der Waals surface area contributed by atoms with Crippen LogP contribution in [0.15, 0.2) is 146 Å². The van der Waals surface area contributed by atoms with Gasteiger partial charge in [-0.3, -0.25) is 14.4 Å². The summed E-state index contributed by atoms with van der Waals surface area (Å²) in [6, 6.07) is 0. The quantitative estimate of drug-likeness (QED) is 0.0261. The van der Waals surface area contributed by atoms with Crippen LogP contribution in [0.25, 0.3) is 0 Å². The minimum Gasteiger partial charge on any atom is -0.462 e. The summed E-state index contributed by atoms with van der Waals surface area (Å²) < 4.78 is 16.9. The van der Waals surface area contributed by atoms with Gasteiger partial charge in [0.1, 0.15) is 13.2 Å². The van der Waals surface area contributed by atoms with Crippen LogP contribution in [-0.2, 0) is 28.6 Å². The Labute approximate surface area is 487 Å². The molecule has 0 radical (unpaired) electrons. The summed E-state index contributed by atoms with van der Waals surface area (Å²) in [5.41, 5.74) is 0. The van der Waals surface area contributed by atoms with Crippen molar-refractivity contribution in [3.8, 4) is 0 Å². The Morgan fingerprint density at radius 1 is 0.266 bits per heavy atom. The van der Waals surface area contributed by atoms with Crippen molar-refractivity contribution in [2.75, 3.05) is 13.2 Å². The Morgan fingerprint density at radius 2 is 0.494 bits per heavy atom. The fourth-order valence-electron chi connectivity index (χ4n) is 8.57. The number of hydrogen-bond acceptors (Lipinski definition) is 6. The first-order chi connectivity index (χ1) is 39.0. The van der Waals surface area contributed by atoms with E-state index in [0.717, 1.165) is 148 Å². The fourth-order valence-corrected chi connectivity index (χ4v) is 8.57. The van der Waals surface area contributed by atoms with Crippen molar-refractivity contribution in [3.05, 3.63) is 146 Å². The van der Waals surface area contributed by atoms with Gasteiger partial charge < -0.3 is 14.2 Å². The summed E-state index contributed by atoms with van der Waals surface area (Å²) in [6.45, 7) is 6.38. The van der Waals surface area contributed by atoms with E-state index in [1.807, 2.05) is 0 Å². The van der Waals surface area contributed by atoms with E-state index in [1.54, 1.807) is 0 Å². The smallest absolute Gasteiger partial charge is 0.306 e. The van der Waals surface area contributed by atoms with Crippen molar-refractivity contribution < 1.29 is 28.6 Å². The third kappa shape index (κ3) is 64.0. The summed E-state index contributed by atoms with van der Waals surface area (Å²) >= 11 is 0. The molecule has 0 aromatic carbocycles. The average Bonchev–Trinajstić information content (AvgIpc) is 3.45. The molecule has 79 heavy (non-hydrogen) atoms. The number of hydrogen-bond donors (Lipinski definition) is 0. The molecule has 0 aromatic heterocycles. The first-order valence-electron chi connectivity index (χ1n) is 32.3. The maximum Gasteiger partial charge on any atom is 0.306 e. The molecule has 0 amide bonds. The molecule has 0 aromatic rings. The zero-order chi connectivity index (χ0) is 57.1. The lowest BCUT2D eigenvalue weighted by Gasteiger charge is -2.18. The molecule has 6 heteroatoms. The van der Waals surface area contributed by atoms with Gasteiger partial charge >= 0.3 is 17.9 Å². The minimum absolute atomic E-state index is 0.0891. The highest BCUT2D eigenvalue weighted by molar-refractivity contribution is 5.71. The standard InChI is InChI=1S/C73H118O6/c1-4-7-10-13-16-19-21-23-25-27-29-31-33-34-35-36-37-38-40-41-43-45-47-49-51-54-57-60-63-66-72(75)78-69-70(68-77-71(74)65-62-59-56-53-18-15-12-9-6-3)79-73(76)67-64-61-58-55-52-50-48-46-44-42-39-32-30-28-26-24-22-20-17-14-11-8-5-2/h7-8,10-11,16-17,19-20,23-26,29-32,34-35,37-38,41-44,70H,4-6,9,12-15,18,21-22,27-28,33,36,39-40,45-69H2,1-3H3/b10-7-,11-8-,19-16-,20-17-,25-23-,26-24-,31-29-,32-30-,35-34-,38-37-,43-41-,44-42-. The van der Waals surface area contributed by atoms with Crippen molar-refractivity contribution in [2.24, 2.45) is 0 Å². The number of esters is 3. The third-order valence-corrected chi connectivity index (χ3v) is 13.3. The van der Waals surface area contributed by atoms with Crippen molar-refractivity contribution in [3.63, 3.8) is 0 Å². The molecule has 0 heterocycles. The Morgan fingerprint density at radius 3 is 0.772 bits per heavy atom. The predicted molar refractivity (Wildman–Crippen MR) is 343 cm³/mol. The molecule has 446 valence electrons. The van der Waals surface area contributed by atoms with Gasteiger partial charge in [0.25, 0.3) is 0 Å². The summed E-state index contributed by atoms with van der Waals surface area (Å²) in [5.74, 6) is -0.915. The SMILES string of the molecule is CC/C=C\C/C=C\C/C=C\C/C=C\C/C=C\C/C=C\C/C=C\CCCCCCCCCC(=O)OCC(COC(=O)CCCCCCCCCCC)OC(=O)CCCCCCCCC/C=C\C/C=C\C/C=C\C/C=C\C/C=C\CC. The van der Waals surface area contributed by atoms with Crippen LogP contribution in [0.3, 0.4) is 0 Å². The van der Waals surface area contributed by atoms with E-state index in [2.05, 4.69) is 167 Å². The monoisotopic (exact) mass is 1090 g/mol. The molecule has 0 spiro atoms. The summed E-state index contributed by atoms with van der Waals surface area (Å²) in [7, 11) is 0. The number of allylic oxidation sites excluding steroid dienone is 24. The van der Waals surface area contributed by atoms with Crippen molar-refractivity contribution in [1.29, 1.82) is 0 Å². The fraction of sp³-hybridized carbons (Fsp3) is 0.630. The average molecular weight is 1090 g/mol. The van der Waals surface area contributed by atoms with Gasteiger partial charge in [0.2, 0.25) is 0 Å². The number of rotatable bonds is 57. The van der Waals surface area contributed by atoms with Gasteiger partial charge in [-0.2, -0.15) is 0 Å². The van der Waals surface area contributed by atoms with E-state index in [0.29, 0.717) is 19.3 Å². The third-order valence-electron chi connectivity index (χ3n) is 13.3. The van der Waals surface area contributed by atoms with E-state index in [4.69, 9.17) is 14.2 Å². The van der Waals surface area contributed by atoms with Crippen LogP contribution in [0.4, 0.5) is 0 Å². The van der Waals surface area contributed by atoms with Gasteiger partial charge in [-0.25, -0.2) is 0 Å². The highest BCUT2D eigenvalue weighted by Crippen LogP contribution is 2.15. The lowest BCUT2D eigenvalue weighted by Crippen LogP contribution is -2.30. The highest BCUT2D eigenvalue weighted by atomic mass is 16.6. The first-order valence-corrected chi connectivity index (χ1v) is 32.3. The first kappa shape index (κ1) is 74.3. The normalized spacial score (nSPS) is 13.1. The predicted octanol–water partition coefficient (Wildman–Crippen LogP) is 22.3. The molecule has 0 N–H and O–H groups in total. The van der Waals surface area contributed by atoms with Gasteiger partial charge in [-0.1, -0.05) is 282 Å². The van der Waals surface area contributed by atoms with Crippen molar-refractivity contribution in [2.45, 2.75) is 284 Å². The topological polar surface area (TPSA) is 78.9 Å². The zero-order valence-electron chi connectivity index (χ0n) is 51.1. The molecular formula is C73H118O6. The number of ether oxygens (including phenoxy) is 3. The minimum atomic E-state index is -0.794. The molecule has 0 saturated heterocycles. The van der Waals surface area contributed by atoms with Crippen molar-refractivity contribution in [1.82, 2.24) is 0 Å². The molecule has 1 atom stereocenters. The number of carbonyl (C=O) groups is 3. The summed E-state index contributed by atoms with van der Waals surface area (Å²) in [4.78, 5) is 38.2. The Bertz CT molecular complexity index is 1730. The van der Waals surface area contributed by atoms with E-state index >= 15 is 0 Å². The Hall–Kier alpha value is -4.71. The van der Waals surface area contributed by atoms with Gasteiger partial charge in [0.15, 0.2) is 6.10 Å². The highest BCUT2D eigenvalue weighted by Gasteiger charge is 2.19. The van der Waals surface area contributed by atoms with E-state index < -0.39 is 6.10 Å². The van der Waals surface area contributed by atoms with Crippen LogP contribution in [0, 0.1) is 0 Å². The second kappa shape index (κ2) is 65.8. The summed E-state index contributed by atoms with van der Waals surface area (Å²) in [6.07, 6.45) is 94.3. The lowest BCUT2D eigenvalue weighted by molar-refractivity contribution is -0.167. The Balaban J connectivity index is 4.29. The van der Waals surface area contributed by atoms with Crippen molar-refractivity contribution >= 4 is 17.9 Å². The molecule has 0 fully saturated rings. The van der Waals surface area contributed by atoms with E-state index in [-0.39, 0.29) is 31.1 Å². The number of carbonyl (C=O) groups excluding carboxylic acids is 3. The van der Waals surface area contributed by atoms with Crippen LogP contribution in [0.2, 0.25) is 0 Å². The molecular weight excluding hydrogens is 973 g/mol. The van der Waals surface area contributed by atoms with Crippen LogP contribution < -0.4 is 0 Å². The van der Waals surface area contributed by atoms with Gasteiger partial charge in [-0.05, 0) is 122 Å². The largest absolute Gasteiger partial charge is 0.462 e.